The smallest absolute Gasteiger partial charge is 0.0226 e. The highest BCUT2D eigenvalue weighted by Crippen LogP contribution is 2.27. The lowest BCUT2D eigenvalue weighted by molar-refractivity contribution is 0.0829. The van der Waals surface area contributed by atoms with Gasteiger partial charge < -0.3 is 5.73 Å². The third-order valence-corrected chi connectivity index (χ3v) is 3.44. The van der Waals surface area contributed by atoms with Crippen molar-refractivity contribution < 1.29 is 0 Å². The van der Waals surface area contributed by atoms with Crippen LogP contribution in [0.3, 0.4) is 0 Å². The maximum Gasteiger partial charge on any atom is 0.0226 e. The minimum absolute atomic E-state index is 0.390. The van der Waals surface area contributed by atoms with Gasteiger partial charge in [-0.05, 0) is 38.1 Å². The summed E-state index contributed by atoms with van der Waals surface area (Å²) < 4.78 is 0. The van der Waals surface area contributed by atoms with Gasteiger partial charge in [0.05, 0.1) is 0 Å². The van der Waals surface area contributed by atoms with Crippen LogP contribution >= 0.6 is 0 Å². The van der Waals surface area contributed by atoms with Gasteiger partial charge in [0, 0.05) is 18.6 Å². The van der Waals surface area contributed by atoms with Crippen LogP contribution in [0.5, 0.6) is 0 Å². The van der Waals surface area contributed by atoms with Crippen LogP contribution < -0.4 is 5.73 Å². The van der Waals surface area contributed by atoms with Gasteiger partial charge in [-0.3, -0.25) is 4.90 Å². The maximum atomic E-state index is 5.93. The topological polar surface area (TPSA) is 29.3 Å². The fourth-order valence-corrected chi connectivity index (χ4v) is 2.71. The van der Waals surface area contributed by atoms with Crippen molar-refractivity contribution in [2.45, 2.75) is 65.5 Å². The van der Waals surface area contributed by atoms with Crippen molar-refractivity contribution in [3.8, 4) is 0 Å². The van der Waals surface area contributed by atoms with Crippen molar-refractivity contribution in [1.29, 1.82) is 0 Å². The average Bonchev–Trinajstić information content (AvgIpc) is 2.14. The van der Waals surface area contributed by atoms with Crippen LogP contribution in [-0.4, -0.2) is 30.1 Å². The van der Waals surface area contributed by atoms with E-state index in [1.807, 2.05) is 0 Å². The minimum atomic E-state index is 0.390. The van der Waals surface area contributed by atoms with Gasteiger partial charge in [0.1, 0.15) is 0 Å². The normalized spacial score (nSPS) is 26.6. The molecule has 2 N–H and O–H groups in total. The monoisotopic (exact) mass is 212 g/mol. The second kappa shape index (κ2) is 5.31. The molecule has 0 amide bonds. The number of nitrogens with two attached hydrogens (primary N) is 1. The van der Waals surface area contributed by atoms with E-state index in [0.717, 1.165) is 12.6 Å². The molecule has 0 radical (unpaired) electrons. The van der Waals surface area contributed by atoms with E-state index in [4.69, 9.17) is 5.73 Å². The Morgan fingerprint density at radius 1 is 1.33 bits per heavy atom. The fourth-order valence-electron chi connectivity index (χ4n) is 2.71. The Kier molecular flexibility index (Phi) is 4.60. The molecule has 0 aliphatic carbocycles. The van der Waals surface area contributed by atoms with E-state index in [1.165, 1.54) is 32.2 Å². The van der Waals surface area contributed by atoms with Gasteiger partial charge in [-0.1, -0.05) is 27.2 Å². The van der Waals surface area contributed by atoms with Crippen LogP contribution in [-0.2, 0) is 0 Å². The first-order valence-corrected chi connectivity index (χ1v) is 6.40. The molecule has 1 rings (SSSR count). The zero-order chi connectivity index (χ0) is 11.5. The molecule has 2 unspecified atom stereocenters. The molecule has 0 aromatic carbocycles. The molecule has 0 aromatic rings. The first kappa shape index (κ1) is 13.0. The van der Waals surface area contributed by atoms with Gasteiger partial charge in [0.2, 0.25) is 0 Å². The summed E-state index contributed by atoms with van der Waals surface area (Å²) in [5.74, 6) is 0. The largest absolute Gasteiger partial charge is 0.329 e. The van der Waals surface area contributed by atoms with Crippen molar-refractivity contribution in [2.75, 3.05) is 13.1 Å². The lowest BCUT2D eigenvalue weighted by Crippen LogP contribution is -2.49. The number of rotatable bonds is 3. The van der Waals surface area contributed by atoms with Crippen molar-refractivity contribution >= 4 is 0 Å². The summed E-state index contributed by atoms with van der Waals surface area (Å²) in [6.07, 6.45) is 5.31. The Labute approximate surface area is 95.2 Å². The standard InChI is InChI=1S/C13H28N2/c1-11-7-5-6-8-15(11)12(10-14)9-13(2,3)4/h11-12H,5-10,14H2,1-4H3. The first-order valence-electron chi connectivity index (χ1n) is 6.40. The van der Waals surface area contributed by atoms with Crippen LogP contribution in [0.25, 0.3) is 0 Å². The Morgan fingerprint density at radius 2 is 2.00 bits per heavy atom. The predicted octanol–water partition coefficient (Wildman–Crippen LogP) is 2.62. The van der Waals surface area contributed by atoms with Crippen LogP contribution in [0.15, 0.2) is 0 Å². The number of likely N-dealkylation sites (tertiary alicyclic amines) is 1. The van der Waals surface area contributed by atoms with E-state index in [0.29, 0.717) is 11.5 Å². The Morgan fingerprint density at radius 3 is 2.47 bits per heavy atom. The summed E-state index contributed by atoms with van der Waals surface area (Å²) in [4.78, 5) is 2.63. The quantitative estimate of drug-likeness (QED) is 0.779. The SMILES string of the molecule is CC1CCCCN1C(CN)CC(C)(C)C. The van der Waals surface area contributed by atoms with Crippen LogP contribution in [0.1, 0.15) is 53.4 Å². The summed E-state index contributed by atoms with van der Waals surface area (Å²) >= 11 is 0. The molecule has 2 atom stereocenters. The molecular weight excluding hydrogens is 184 g/mol. The van der Waals surface area contributed by atoms with Crippen LogP contribution in [0.2, 0.25) is 0 Å². The van der Waals surface area contributed by atoms with E-state index in [-0.39, 0.29) is 0 Å². The van der Waals surface area contributed by atoms with E-state index < -0.39 is 0 Å². The van der Waals surface area contributed by atoms with Gasteiger partial charge in [0.15, 0.2) is 0 Å². The van der Waals surface area contributed by atoms with Gasteiger partial charge in [-0.15, -0.1) is 0 Å². The maximum absolute atomic E-state index is 5.93. The molecule has 1 saturated heterocycles. The molecule has 1 heterocycles. The van der Waals surface area contributed by atoms with Gasteiger partial charge in [-0.2, -0.15) is 0 Å². The predicted molar refractivity (Wildman–Crippen MR) is 66.9 cm³/mol. The lowest BCUT2D eigenvalue weighted by Gasteiger charge is -2.41. The van der Waals surface area contributed by atoms with Crippen LogP contribution in [0.4, 0.5) is 0 Å². The summed E-state index contributed by atoms with van der Waals surface area (Å²) in [5, 5.41) is 0. The average molecular weight is 212 g/mol. The highest BCUT2D eigenvalue weighted by molar-refractivity contribution is 4.84. The molecule has 2 heteroatoms. The van der Waals surface area contributed by atoms with Gasteiger partial charge in [0.25, 0.3) is 0 Å². The fraction of sp³-hybridized carbons (Fsp3) is 1.00. The number of hydrogen-bond acceptors (Lipinski definition) is 2. The van der Waals surface area contributed by atoms with E-state index in [1.54, 1.807) is 0 Å². The number of hydrogen-bond donors (Lipinski definition) is 1. The van der Waals surface area contributed by atoms with Crippen molar-refractivity contribution in [3.63, 3.8) is 0 Å². The van der Waals surface area contributed by atoms with Crippen molar-refractivity contribution in [1.82, 2.24) is 4.90 Å². The minimum Gasteiger partial charge on any atom is -0.329 e. The number of nitrogens with zero attached hydrogens (tertiary/aromatic N) is 1. The Hall–Kier alpha value is -0.0800. The summed E-state index contributed by atoms with van der Waals surface area (Å²) in [6, 6.07) is 1.31. The zero-order valence-corrected chi connectivity index (χ0v) is 10.9. The summed E-state index contributed by atoms with van der Waals surface area (Å²) in [6.45, 7) is 11.3. The molecule has 0 aromatic heterocycles. The van der Waals surface area contributed by atoms with E-state index in [2.05, 4.69) is 32.6 Å². The molecule has 1 fully saturated rings. The molecule has 0 bridgehead atoms. The van der Waals surface area contributed by atoms with Crippen molar-refractivity contribution in [3.05, 3.63) is 0 Å². The molecule has 1 aliphatic rings. The Bertz CT molecular complexity index is 183. The highest BCUT2D eigenvalue weighted by Gasteiger charge is 2.28. The van der Waals surface area contributed by atoms with Crippen molar-refractivity contribution in [2.24, 2.45) is 11.1 Å². The first-order chi connectivity index (χ1) is 6.94. The van der Waals surface area contributed by atoms with Gasteiger partial charge >= 0.3 is 0 Å². The lowest BCUT2D eigenvalue weighted by atomic mass is 9.86. The second-order valence-corrected chi connectivity index (χ2v) is 6.24. The number of piperidine rings is 1. The molecule has 2 nitrogen and oxygen atoms in total. The molecular formula is C13H28N2. The summed E-state index contributed by atoms with van der Waals surface area (Å²) in [5.41, 5.74) is 6.32. The zero-order valence-electron chi connectivity index (χ0n) is 10.9. The second-order valence-electron chi connectivity index (χ2n) is 6.24. The molecule has 1 aliphatic heterocycles. The third-order valence-electron chi connectivity index (χ3n) is 3.44. The van der Waals surface area contributed by atoms with Gasteiger partial charge in [-0.25, -0.2) is 0 Å². The van der Waals surface area contributed by atoms with E-state index in [9.17, 15) is 0 Å². The molecule has 90 valence electrons. The molecule has 0 saturated carbocycles. The Balaban J connectivity index is 2.56. The molecule has 0 spiro atoms. The molecule has 15 heavy (non-hydrogen) atoms. The van der Waals surface area contributed by atoms with E-state index >= 15 is 0 Å². The summed E-state index contributed by atoms with van der Waals surface area (Å²) in [7, 11) is 0. The van der Waals surface area contributed by atoms with Crippen LogP contribution in [0, 0.1) is 5.41 Å². The highest BCUT2D eigenvalue weighted by atomic mass is 15.2. The third kappa shape index (κ3) is 4.12.